The summed E-state index contributed by atoms with van der Waals surface area (Å²) >= 11 is -1.29. The molecule has 0 atom stereocenters. The van der Waals surface area contributed by atoms with Gasteiger partial charge in [0.25, 0.3) is 0 Å². The van der Waals surface area contributed by atoms with Gasteiger partial charge in [-0.25, -0.2) is 9.18 Å². The summed E-state index contributed by atoms with van der Waals surface area (Å²) in [6.07, 6.45) is 11.2. The number of ether oxygens (including phenoxy) is 2. The molecule has 0 bridgehead atoms. The number of carbonyl (C=O) groups excluding carboxylic acids is 1. The number of aromatic nitrogens is 1. The van der Waals surface area contributed by atoms with Gasteiger partial charge in [0.2, 0.25) is 0 Å². The van der Waals surface area contributed by atoms with Gasteiger partial charge in [-0.05, 0) is 24.1 Å². The molecule has 1 aliphatic carbocycles. The van der Waals surface area contributed by atoms with Crippen LogP contribution in [-0.4, -0.2) is 68.6 Å². The molecule has 0 radical (unpaired) electrons. The zero-order valence-corrected chi connectivity index (χ0v) is 30.8. The van der Waals surface area contributed by atoms with Gasteiger partial charge in [0.1, 0.15) is 11.5 Å². The van der Waals surface area contributed by atoms with E-state index < -0.39 is 38.9 Å². The number of nitrogens with zero attached hydrogens (tertiary/aromatic N) is 2. The van der Waals surface area contributed by atoms with Crippen molar-refractivity contribution in [3.05, 3.63) is 89.7 Å². The number of rotatable bonds is 15. The van der Waals surface area contributed by atoms with Crippen molar-refractivity contribution < 1.29 is 47.2 Å². The number of hydrogen-bond donors (Lipinski definition) is 4. The summed E-state index contributed by atoms with van der Waals surface area (Å²) in [7, 11) is -3.37. The van der Waals surface area contributed by atoms with E-state index in [1.54, 1.807) is 36.5 Å². The van der Waals surface area contributed by atoms with E-state index >= 15 is 0 Å². The molecular formula is C35H45FIN6O5S-. The van der Waals surface area contributed by atoms with Gasteiger partial charge in [0.05, 0.1) is 6.61 Å². The summed E-state index contributed by atoms with van der Waals surface area (Å²) in [6.45, 7) is 7.76. The van der Waals surface area contributed by atoms with Crippen LogP contribution in [0.4, 0.5) is 4.39 Å². The van der Waals surface area contributed by atoms with Crippen molar-refractivity contribution >= 4 is 29.6 Å². The van der Waals surface area contributed by atoms with E-state index in [0.717, 1.165) is 51.1 Å². The second kappa shape index (κ2) is 17.0. The number of likely N-dealkylation sites (tertiary alicyclic amines) is 1. The molecule has 0 spiro atoms. The molecule has 14 heteroatoms. The molecule has 1 saturated heterocycles. The molecule has 1 aromatic heterocycles. The van der Waals surface area contributed by atoms with Gasteiger partial charge in [-0.3, -0.25) is 0 Å². The Kier molecular flexibility index (Phi) is 12.8. The van der Waals surface area contributed by atoms with Crippen molar-refractivity contribution in [3.8, 4) is 5.75 Å². The Hall–Kier alpha value is -3.44. The first-order valence-electron chi connectivity index (χ1n) is 16.5. The van der Waals surface area contributed by atoms with Crippen LogP contribution in [0.3, 0.4) is 0 Å². The number of hydrazine groups is 1. The van der Waals surface area contributed by atoms with Crippen LogP contribution >= 0.6 is 0 Å². The number of fused-ring (bicyclic) bond motifs is 1. The van der Waals surface area contributed by atoms with Crippen LogP contribution in [0.5, 0.6) is 5.75 Å². The monoisotopic (exact) mass is 807 g/mol. The molecule has 11 nitrogen and oxygen atoms in total. The van der Waals surface area contributed by atoms with Crippen LogP contribution in [0.15, 0.2) is 77.5 Å². The Morgan fingerprint density at radius 3 is 2.65 bits per heavy atom. The van der Waals surface area contributed by atoms with Crippen molar-refractivity contribution in [2.45, 2.75) is 44.4 Å². The van der Waals surface area contributed by atoms with Crippen LogP contribution in [-0.2, 0) is 11.7 Å². The first-order valence-corrected chi connectivity index (χ1v) is 21.6. The third-order valence-corrected chi connectivity index (χ3v) is 14.2. The predicted octanol–water partition coefficient (Wildman–Crippen LogP) is 1.86. The summed E-state index contributed by atoms with van der Waals surface area (Å²) < 4.78 is 54.5. The number of halogens is 2. The van der Waals surface area contributed by atoms with Crippen molar-refractivity contribution in [1.82, 2.24) is 18.4 Å². The first-order chi connectivity index (χ1) is 23.5. The quantitative estimate of drug-likeness (QED) is 0.0341. The zero-order chi connectivity index (χ0) is 35.0. The average molecular weight is 808 g/mol. The van der Waals surface area contributed by atoms with E-state index in [4.69, 9.17) is 21.1 Å². The molecule has 6 N–H and O–H groups in total. The van der Waals surface area contributed by atoms with E-state index in [2.05, 4.69) is 19.5 Å². The molecule has 49 heavy (non-hydrogen) atoms. The molecule has 0 saturated carbocycles. The molecule has 1 aliphatic heterocycles. The molecule has 3 aromatic rings. The number of nitrogens with two attached hydrogens (primary N) is 2. The number of H-pyrrole nitrogens is 1. The average Bonchev–Trinajstić information content (AvgIpc) is 3.46. The third-order valence-electron chi connectivity index (χ3n) is 8.29. The Morgan fingerprint density at radius 2 is 1.96 bits per heavy atom. The molecular weight excluding hydrogens is 762 g/mol. The van der Waals surface area contributed by atoms with Crippen molar-refractivity contribution in [2.24, 2.45) is 23.4 Å². The number of aromatic amines is 1. The third kappa shape index (κ3) is 10.3. The van der Waals surface area contributed by atoms with Gasteiger partial charge in [-0.1, -0.05) is 13.8 Å². The van der Waals surface area contributed by atoms with E-state index in [-0.39, 0.29) is 23.9 Å². The molecule has 5 rings (SSSR count). The van der Waals surface area contributed by atoms with Crippen molar-refractivity contribution in [3.63, 3.8) is 0 Å². The molecule has 0 unspecified atom stereocenters. The number of piperidine rings is 1. The Labute approximate surface area is 296 Å². The Morgan fingerprint density at radius 1 is 1.20 bits per heavy atom. The number of benzene rings is 2. The Balaban J connectivity index is 1.07. The summed E-state index contributed by atoms with van der Waals surface area (Å²) in [5, 5.41) is 2.00. The minimum absolute atomic E-state index is 0.152. The second-order valence-corrected chi connectivity index (χ2v) is 19.8. The number of nitrogens with one attached hydrogen (secondary N) is 2. The fourth-order valence-corrected chi connectivity index (χ4v) is 10.3. The zero-order valence-electron chi connectivity index (χ0n) is 27.8. The van der Waals surface area contributed by atoms with Gasteiger partial charge in [0.15, 0.2) is 0 Å². The van der Waals surface area contributed by atoms with Gasteiger partial charge in [-0.15, -0.1) is 0 Å². The van der Waals surface area contributed by atoms with Crippen LogP contribution < -0.4 is 39.9 Å². The van der Waals surface area contributed by atoms with E-state index in [1.165, 1.54) is 17.1 Å². The normalized spacial score (nSPS) is 16.3. The summed E-state index contributed by atoms with van der Waals surface area (Å²) in [6, 6.07) is 10.9. The van der Waals surface area contributed by atoms with Gasteiger partial charge >= 0.3 is 212 Å². The minimum atomic E-state index is -3.37. The summed E-state index contributed by atoms with van der Waals surface area (Å²) in [5.41, 5.74) is 7.81. The van der Waals surface area contributed by atoms with Crippen molar-refractivity contribution in [1.29, 1.82) is 0 Å². The van der Waals surface area contributed by atoms with E-state index in [0.29, 0.717) is 46.1 Å². The van der Waals surface area contributed by atoms with Crippen LogP contribution in [0.25, 0.3) is 16.6 Å². The van der Waals surface area contributed by atoms with Crippen LogP contribution in [0.2, 0.25) is 0 Å². The molecule has 1 fully saturated rings. The van der Waals surface area contributed by atoms with Gasteiger partial charge in [-0.2, -0.15) is 0 Å². The SMILES string of the molecule is CC(C)COC(=O)c1[nH]c2ccc(F)cc2c1/C(N)=C/N(N)CC1CCN(CCN[I-]S(=O)(=O)c2ccc(OC3=CC=CCC3)cc2)CC1. The maximum absolute atomic E-state index is 14.2. The van der Waals surface area contributed by atoms with E-state index in [9.17, 15) is 17.6 Å². The maximum atomic E-state index is 14.2. The van der Waals surface area contributed by atoms with Gasteiger partial charge < -0.3 is 9.72 Å². The topological polar surface area (TPSA) is 156 Å². The van der Waals surface area contributed by atoms with Crippen LogP contribution in [0, 0.1) is 17.7 Å². The number of carbonyl (C=O) groups is 1. The fraction of sp³-hybridized carbons (Fsp3) is 0.400. The Bertz CT molecular complexity index is 1800. The molecule has 2 aliphatic rings. The standard InChI is InChI=1S/C35H45FIN6O5S/c1-24(2)23-47-35(44)34-33(30-20-26(36)8-13-32(30)41-34)31(38)22-43(39)21-25-14-17-42(18-15-25)19-16-40-37-49(45,46)29-11-9-28(10-12-29)48-27-6-4-3-5-7-27/h3-4,6,8-13,20,22,24-25,40-41H,5,7,14-19,21,23,38-39H2,1-2H3/q-1/b31-22-. The molecule has 2 heterocycles. The first kappa shape index (κ1) is 36.8. The van der Waals surface area contributed by atoms with Crippen molar-refractivity contribution in [2.75, 3.05) is 39.3 Å². The van der Waals surface area contributed by atoms with Gasteiger partial charge in [0, 0.05) is 10.9 Å². The number of hydrogen-bond acceptors (Lipinski definition) is 10. The molecule has 266 valence electrons. The van der Waals surface area contributed by atoms with Crippen LogP contribution in [0.1, 0.15) is 55.6 Å². The van der Waals surface area contributed by atoms with E-state index in [1.807, 2.05) is 26.0 Å². The predicted molar refractivity (Wildman–Crippen MR) is 184 cm³/mol. The fourth-order valence-electron chi connectivity index (χ4n) is 5.76. The summed E-state index contributed by atoms with van der Waals surface area (Å²) in [5.74, 6) is 7.33. The molecule has 2 aromatic carbocycles. The summed E-state index contributed by atoms with van der Waals surface area (Å²) in [4.78, 5) is 18.6. The molecule has 0 amide bonds. The number of esters is 1. The number of allylic oxidation sites excluding steroid dienone is 4. The second-order valence-electron chi connectivity index (χ2n) is 12.7.